The lowest BCUT2D eigenvalue weighted by molar-refractivity contribution is -0.127. The third kappa shape index (κ3) is 4.40. The Morgan fingerprint density at radius 3 is 2.68 bits per heavy atom. The van der Waals surface area contributed by atoms with E-state index in [0.717, 1.165) is 19.0 Å². The van der Waals surface area contributed by atoms with E-state index in [1.165, 1.54) is 25.7 Å². The van der Waals surface area contributed by atoms with Crippen molar-refractivity contribution in [3.63, 3.8) is 0 Å². The van der Waals surface area contributed by atoms with Crippen LogP contribution in [0.1, 0.15) is 32.6 Å². The lowest BCUT2D eigenvalue weighted by Crippen LogP contribution is -2.47. The number of likely N-dealkylation sites (N-methyl/N-ethyl adjacent to an activating group) is 1. The standard InChI is InChI=1S/C14H26N4O/c1-11-5-4-8-18(10-11)14(16-12-6-7-12)15-9-13(19)17(2)3/h11-12H,4-10H2,1-3H3,(H,15,16). The van der Waals surface area contributed by atoms with Crippen LogP contribution < -0.4 is 5.32 Å². The van der Waals surface area contributed by atoms with Crippen LogP contribution in [-0.2, 0) is 4.79 Å². The molecule has 0 bridgehead atoms. The molecule has 0 radical (unpaired) electrons. The Morgan fingerprint density at radius 2 is 2.11 bits per heavy atom. The lowest BCUT2D eigenvalue weighted by atomic mass is 10.0. The second-order valence-electron chi connectivity index (χ2n) is 6.04. The van der Waals surface area contributed by atoms with E-state index in [-0.39, 0.29) is 12.5 Å². The van der Waals surface area contributed by atoms with Crippen molar-refractivity contribution in [2.45, 2.75) is 38.6 Å². The van der Waals surface area contributed by atoms with Crippen molar-refractivity contribution in [1.29, 1.82) is 0 Å². The smallest absolute Gasteiger partial charge is 0.243 e. The molecule has 2 fully saturated rings. The molecular formula is C14H26N4O. The Kier molecular flexibility index (Phi) is 4.66. The van der Waals surface area contributed by atoms with Crippen molar-refractivity contribution in [1.82, 2.24) is 15.1 Å². The Hall–Kier alpha value is -1.26. The van der Waals surface area contributed by atoms with Crippen molar-refractivity contribution in [2.75, 3.05) is 33.7 Å². The number of carbonyl (C=O) groups is 1. The van der Waals surface area contributed by atoms with Crippen LogP contribution in [0.4, 0.5) is 0 Å². The topological polar surface area (TPSA) is 47.9 Å². The molecule has 1 heterocycles. The van der Waals surface area contributed by atoms with Crippen molar-refractivity contribution >= 4 is 11.9 Å². The number of rotatable bonds is 3. The summed E-state index contributed by atoms with van der Waals surface area (Å²) in [5.74, 6) is 1.70. The van der Waals surface area contributed by atoms with Gasteiger partial charge in [0.25, 0.3) is 0 Å². The summed E-state index contributed by atoms with van der Waals surface area (Å²) in [5, 5.41) is 3.48. The van der Waals surface area contributed by atoms with Gasteiger partial charge in [-0.1, -0.05) is 6.92 Å². The molecule has 1 atom stereocenters. The fourth-order valence-corrected chi connectivity index (χ4v) is 2.31. The maximum atomic E-state index is 11.7. The van der Waals surface area contributed by atoms with E-state index in [4.69, 9.17) is 0 Å². The van der Waals surface area contributed by atoms with Crippen LogP contribution in [0.3, 0.4) is 0 Å². The summed E-state index contributed by atoms with van der Waals surface area (Å²) in [7, 11) is 3.55. The summed E-state index contributed by atoms with van der Waals surface area (Å²) in [5.41, 5.74) is 0. The highest BCUT2D eigenvalue weighted by Crippen LogP contribution is 2.21. The number of piperidine rings is 1. The van der Waals surface area contributed by atoms with E-state index >= 15 is 0 Å². The Labute approximate surface area is 116 Å². The van der Waals surface area contributed by atoms with E-state index in [1.54, 1.807) is 19.0 Å². The fourth-order valence-electron chi connectivity index (χ4n) is 2.31. The van der Waals surface area contributed by atoms with Gasteiger partial charge in [0.15, 0.2) is 5.96 Å². The number of nitrogens with one attached hydrogen (secondary N) is 1. The average molecular weight is 266 g/mol. The predicted octanol–water partition coefficient (Wildman–Crippen LogP) is 0.915. The lowest BCUT2D eigenvalue weighted by Gasteiger charge is -2.33. The highest BCUT2D eigenvalue weighted by molar-refractivity contribution is 5.85. The van der Waals surface area contributed by atoms with Crippen LogP contribution in [0.5, 0.6) is 0 Å². The molecule has 0 aromatic rings. The summed E-state index contributed by atoms with van der Waals surface area (Å²) in [4.78, 5) is 20.1. The summed E-state index contributed by atoms with van der Waals surface area (Å²) in [6, 6.07) is 0.574. The Morgan fingerprint density at radius 1 is 1.37 bits per heavy atom. The number of hydrogen-bond donors (Lipinski definition) is 1. The molecule has 0 spiro atoms. The predicted molar refractivity (Wildman–Crippen MR) is 77.1 cm³/mol. The second kappa shape index (κ2) is 6.26. The first kappa shape index (κ1) is 14.2. The number of hydrogen-bond acceptors (Lipinski definition) is 2. The zero-order chi connectivity index (χ0) is 13.8. The molecule has 0 aromatic carbocycles. The molecular weight excluding hydrogens is 240 g/mol. The minimum absolute atomic E-state index is 0.0557. The highest BCUT2D eigenvalue weighted by atomic mass is 16.2. The minimum Gasteiger partial charge on any atom is -0.353 e. The van der Waals surface area contributed by atoms with Gasteiger partial charge in [-0.25, -0.2) is 4.99 Å². The SMILES string of the molecule is CC1CCCN(C(=NCC(=O)N(C)C)NC2CC2)C1. The number of aliphatic imine (C=N–C) groups is 1. The van der Waals surface area contributed by atoms with Gasteiger partial charge in [0.2, 0.25) is 5.91 Å². The largest absolute Gasteiger partial charge is 0.353 e. The van der Waals surface area contributed by atoms with Crippen LogP contribution in [0.2, 0.25) is 0 Å². The van der Waals surface area contributed by atoms with E-state index in [1.807, 2.05) is 0 Å². The number of amides is 1. The van der Waals surface area contributed by atoms with Gasteiger partial charge < -0.3 is 15.1 Å². The summed E-state index contributed by atoms with van der Waals surface area (Å²) in [6.07, 6.45) is 4.96. The van der Waals surface area contributed by atoms with Crippen molar-refractivity contribution < 1.29 is 4.79 Å². The molecule has 0 aromatic heterocycles. The first-order valence-electron chi connectivity index (χ1n) is 7.32. The molecule has 1 saturated carbocycles. The molecule has 1 aliphatic heterocycles. The van der Waals surface area contributed by atoms with Gasteiger partial charge in [0, 0.05) is 33.2 Å². The number of carbonyl (C=O) groups excluding carboxylic acids is 1. The summed E-state index contributed by atoms with van der Waals surface area (Å²) in [6.45, 7) is 4.63. The number of nitrogens with zero attached hydrogens (tertiary/aromatic N) is 3. The van der Waals surface area contributed by atoms with Gasteiger partial charge in [-0.2, -0.15) is 0 Å². The Bertz CT molecular complexity index is 349. The third-order valence-electron chi connectivity index (χ3n) is 3.73. The van der Waals surface area contributed by atoms with Crippen LogP contribution in [0, 0.1) is 5.92 Å². The van der Waals surface area contributed by atoms with E-state index < -0.39 is 0 Å². The molecule has 5 heteroatoms. The summed E-state index contributed by atoms with van der Waals surface area (Å²) >= 11 is 0. The second-order valence-corrected chi connectivity index (χ2v) is 6.04. The molecule has 108 valence electrons. The van der Waals surface area contributed by atoms with Crippen molar-refractivity contribution in [3.05, 3.63) is 0 Å². The average Bonchev–Trinajstić information content (AvgIpc) is 3.17. The van der Waals surface area contributed by atoms with Crippen LogP contribution in [0.25, 0.3) is 0 Å². The zero-order valence-electron chi connectivity index (χ0n) is 12.4. The summed E-state index contributed by atoms with van der Waals surface area (Å²) < 4.78 is 0. The first-order chi connectivity index (χ1) is 9.06. The number of likely N-dealkylation sites (tertiary alicyclic amines) is 1. The van der Waals surface area contributed by atoms with Crippen LogP contribution in [0.15, 0.2) is 4.99 Å². The van der Waals surface area contributed by atoms with Gasteiger partial charge in [0.1, 0.15) is 6.54 Å². The zero-order valence-corrected chi connectivity index (χ0v) is 12.4. The molecule has 1 amide bonds. The molecule has 5 nitrogen and oxygen atoms in total. The fraction of sp³-hybridized carbons (Fsp3) is 0.857. The molecule has 1 unspecified atom stereocenters. The highest BCUT2D eigenvalue weighted by Gasteiger charge is 2.26. The molecule has 1 saturated heterocycles. The maximum Gasteiger partial charge on any atom is 0.243 e. The monoisotopic (exact) mass is 266 g/mol. The number of guanidine groups is 1. The quantitative estimate of drug-likeness (QED) is 0.610. The van der Waals surface area contributed by atoms with Crippen LogP contribution in [-0.4, -0.2) is 61.4 Å². The van der Waals surface area contributed by atoms with E-state index in [0.29, 0.717) is 12.0 Å². The van der Waals surface area contributed by atoms with Gasteiger partial charge in [-0.15, -0.1) is 0 Å². The minimum atomic E-state index is 0.0557. The molecule has 2 rings (SSSR count). The molecule has 1 aliphatic carbocycles. The van der Waals surface area contributed by atoms with Crippen molar-refractivity contribution in [2.24, 2.45) is 10.9 Å². The van der Waals surface area contributed by atoms with Crippen LogP contribution >= 0.6 is 0 Å². The molecule has 19 heavy (non-hydrogen) atoms. The third-order valence-corrected chi connectivity index (χ3v) is 3.73. The first-order valence-corrected chi connectivity index (χ1v) is 7.32. The maximum absolute atomic E-state index is 11.7. The normalized spacial score (nSPS) is 24.3. The van der Waals surface area contributed by atoms with Gasteiger partial charge in [-0.05, 0) is 31.6 Å². The Balaban J connectivity index is 1.97. The van der Waals surface area contributed by atoms with E-state index in [2.05, 4.69) is 22.1 Å². The van der Waals surface area contributed by atoms with Gasteiger partial charge in [-0.3, -0.25) is 4.79 Å². The molecule has 2 aliphatic rings. The van der Waals surface area contributed by atoms with E-state index in [9.17, 15) is 4.79 Å². The van der Waals surface area contributed by atoms with Gasteiger partial charge >= 0.3 is 0 Å². The van der Waals surface area contributed by atoms with Gasteiger partial charge in [0.05, 0.1) is 0 Å². The molecule has 1 N–H and O–H groups in total. The van der Waals surface area contributed by atoms with Crippen molar-refractivity contribution in [3.8, 4) is 0 Å².